The Labute approximate surface area is 317 Å². The lowest BCUT2D eigenvalue weighted by atomic mass is 10.0. The summed E-state index contributed by atoms with van der Waals surface area (Å²) in [6, 6.07) is 32.7. The van der Waals surface area contributed by atoms with Crippen LogP contribution in [0.25, 0.3) is 22.3 Å². The number of rotatable bonds is 10. The Morgan fingerprint density at radius 2 is 0.712 bits per heavy atom. The Balaban J connectivity index is 1.98. The lowest BCUT2D eigenvalue weighted by Gasteiger charge is -2.46. The Hall–Kier alpha value is -3.41. The van der Waals surface area contributed by atoms with Crippen LogP contribution in [0.2, 0.25) is 36.3 Å². The highest BCUT2D eigenvalue weighted by Gasteiger charge is 2.43. The zero-order chi connectivity index (χ0) is 39.1. The molecule has 0 aromatic heterocycles. The average molecular weight is 739 g/mol. The normalized spacial score (nSPS) is 13.2. The molecule has 0 spiro atoms. The number of hydrogen-bond acceptors (Lipinski definition) is 5. The summed E-state index contributed by atoms with van der Waals surface area (Å²) in [5.74, 6) is 0. The second-order valence-electron chi connectivity index (χ2n) is 19.1. The van der Waals surface area contributed by atoms with Crippen molar-refractivity contribution in [1.82, 2.24) is 0 Å². The molecule has 0 aliphatic heterocycles. The van der Waals surface area contributed by atoms with E-state index in [0.29, 0.717) is 11.4 Å². The summed E-state index contributed by atoms with van der Waals surface area (Å²) in [6.07, 6.45) is 0. The summed E-state index contributed by atoms with van der Waals surface area (Å²) < 4.78 is 14.1. The van der Waals surface area contributed by atoms with E-state index in [1.54, 1.807) is 0 Å². The van der Waals surface area contributed by atoms with Gasteiger partial charge in [-0.15, -0.1) is 0 Å². The van der Waals surface area contributed by atoms with Crippen LogP contribution >= 0.6 is 0 Å². The molecule has 8 heteroatoms. The fraction of sp³-hybridized carbons (Fsp3) is 0.455. The lowest BCUT2D eigenvalue weighted by Crippen LogP contribution is -2.53. The van der Waals surface area contributed by atoms with E-state index in [-0.39, 0.29) is 21.2 Å². The molecule has 6 nitrogen and oxygen atoms in total. The molecular formula is C44H64N3O3Si2. The second kappa shape index (κ2) is 14.8. The Kier molecular flexibility index (Phi) is 11.8. The average Bonchev–Trinajstić information content (AvgIpc) is 3.04. The summed E-state index contributed by atoms with van der Waals surface area (Å²) in [6.45, 7) is 35.5. The molecule has 0 saturated heterocycles. The second-order valence-corrected chi connectivity index (χ2v) is 28.5. The Morgan fingerprint density at radius 3 is 0.981 bits per heavy atom. The van der Waals surface area contributed by atoms with Crippen molar-refractivity contribution in [3.8, 4) is 22.3 Å². The van der Waals surface area contributed by atoms with E-state index in [1.165, 1.54) is 0 Å². The molecule has 1 radical (unpaired) electrons. The maximum atomic E-state index is 15.0. The van der Waals surface area contributed by atoms with Crippen molar-refractivity contribution in [3.05, 3.63) is 97.1 Å². The third kappa shape index (κ3) is 9.57. The minimum atomic E-state index is -2.26. The van der Waals surface area contributed by atoms with Crippen LogP contribution < -0.4 is 15.2 Å². The molecule has 4 rings (SSSR count). The first-order chi connectivity index (χ1) is 23.7. The minimum Gasteiger partial charge on any atom is -0.319 e. The zero-order valence-electron chi connectivity index (χ0n) is 34.8. The van der Waals surface area contributed by atoms with E-state index in [4.69, 9.17) is 9.05 Å². The summed E-state index contributed by atoms with van der Waals surface area (Å²) >= 11 is 0. The first-order valence-electron chi connectivity index (χ1n) is 18.6. The standard InChI is InChI=1S/C44H64N3O3Si2/c1-41(2,3)46(49-51(13,14)43(7,8)9)39-29-35(33-23-19-17-20-24-33)27-37(31-39)45(48)38-28-36(34-25-21-18-22-26-34)30-40(32-38)47(42(4,5)6)50-52(15,16)44(10,11)12/h17-32H,1-16H3. The highest BCUT2D eigenvalue weighted by molar-refractivity contribution is 6.74. The highest BCUT2D eigenvalue weighted by Crippen LogP contribution is 2.44. The first kappa shape index (κ1) is 41.4. The van der Waals surface area contributed by atoms with Crippen molar-refractivity contribution >= 4 is 39.4 Å². The van der Waals surface area contributed by atoms with Crippen LogP contribution in [0.4, 0.5) is 22.7 Å². The van der Waals surface area contributed by atoms with Crippen LogP contribution in [0.1, 0.15) is 83.1 Å². The van der Waals surface area contributed by atoms with E-state index in [9.17, 15) is 5.21 Å². The van der Waals surface area contributed by atoms with E-state index in [1.807, 2.05) is 70.8 Å². The van der Waals surface area contributed by atoms with Crippen molar-refractivity contribution in [2.75, 3.05) is 15.2 Å². The number of nitrogens with zero attached hydrogens (tertiary/aromatic N) is 3. The van der Waals surface area contributed by atoms with Gasteiger partial charge in [-0.3, -0.25) is 10.1 Å². The Bertz CT molecular complexity index is 1670. The van der Waals surface area contributed by atoms with Gasteiger partial charge in [-0.2, -0.15) is 5.06 Å². The van der Waals surface area contributed by atoms with E-state index < -0.39 is 16.6 Å². The van der Waals surface area contributed by atoms with Gasteiger partial charge in [0, 0.05) is 0 Å². The van der Waals surface area contributed by atoms with Gasteiger partial charge in [0.2, 0.25) is 16.6 Å². The van der Waals surface area contributed by atoms with Crippen molar-refractivity contribution in [1.29, 1.82) is 0 Å². The van der Waals surface area contributed by atoms with Crippen molar-refractivity contribution in [3.63, 3.8) is 0 Å². The molecule has 0 bridgehead atoms. The van der Waals surface area contributed by atoms with E-state index >= 15 is 0 Å². The van der Waals surface area contributed by atoms with Gasteiger partial charge < -0.3 is 9.05 Å². The number of benzene rings is 4. The van der Waals surface area contributed by atoms with Crippen molar-refractivity contribution in [2.45, 2.75) is 130 Å². The predicted molar refractivity (Wildman–Crippen MR) is 228 cm³/mol. The van der Waals surface area contributed by atoms with Gasteiger partial charge in [-0.1, -0.05) is 107 Å². The predicted octanol–water partition coefficient (Wildman–Crippen LogP) is 13.6. The van der Waals surface area contributed by atoms with E-state index in [0.717, 1.165) is 38.7 Å². The molecule has 0 fully saturated rings. The van der Waals surface area contributed by atoms with E-state index in [2.05, 4.69) is 146 Å². The third-order valence-corrected chi connectivity index (χ3v) is 18.9. The zero-order valence-corrected chi connectivity index (χ0v) is 36.8. The highest BCUT2D eigenvalue weighted by atomic mass is 28.4. The molecule has 0 atom stereocenters. The van der Waals surface area contributed by atoms with Gasteiger partial charge in [0.15, 0.2) is 0 Å². The molecule has 0 aliphatic carbocycles. The number of hydroxylamine groups is 2. The summed E-state index contributed by atoms with van der Waals surface area (Å²) in [5, 5.41) is 20.1. The van der Waals surface area contributed by atoms with Crippen LogP contribution in [0.5, 0.6) is 0 Å². The largest absolute Gasteiger partial charge is 0.319 e. The third-order valence-electron chi connectivity index (χ3n) is 10.4. The molecule has 281 valence electrons. The molecule has 0 amide bonds. The van der Waals surface area contributed by atoms with Gasteiger partial charge in [-0.25, -0.2) is 0 Å². The molecule has 0 saturated carbocycles. The quantitative estimate of drug-likeness (QED) is 0.120. The van der Waals surface area contributed by atoms with Gasteiger partial charge in [0.05, 0.1) is 33.8 Å². The summed E-state index contributed by atoms with van der Waals surface area (Å²) in [4.78, 5) is 0. The fourth-order valence-electron chi connectivity index (χ4n) is 5.29. The van der Waals surface area contributed by atoms with Crippen LogP contribution in [-0.4, -0.2) is 27.7 Å². The Morgan fingerprint density at radius 1 is 0.423 bits per heavy atom. The smallest absolute Gasteiger partial charge is 0.228 e. The molecule has 0 heterocycles. The van der Waals surface area contributed by atoms with Gasteiger partial charge in [0.1, 0.15) is 0 Å². The molecule has 52 heavy (non-hydrogen) atoms. The number of anilines is 4. The molecule has 0 N–H and O–H groups in total. The summed E-state index contributed by atoms with van der Waals surface area (Å²) in [7, 11) is -4.53. The van der Waals surface area contributed by atoms with Gasteiger partial charge in [-0.05, 0) is 136 Å². The fourth-order valence-corrected chi connectivity index (χ4v) is 7.51. The SMILES string of the molecule is CC(C)(C)N(O[Si](C)(C)C(C)(C)C)c1cc(-c2ccccc2)cc(N([O])c2cc(-c3ccccc3)cc(N(O[Si](C)(C)C(C)(C)C)C(C)(C)C)c2)c1. The van der Waals surface area contributed by atoms with Crippen LogP contribution in [0.15, 0.2) is 97.1 Å². The van der Waals surface area contributed by atoms with Crippen molar-refractivity contribution < 1.29 is 14.3 Å². The molecule has 4 aromatic rings. The maximum Gasteiger partial charge on any atom is 0.228 e. The van der Waals surface area contributed by atoms with Crippen LogP contribution in [-0.2, 0) is 14.3 Å². The van der Waals surface area contributed by atoms with Crippen LogP contribution in [0.3, 0.4) is 0 Å². The van der Waals surface area contributed by atoms with Crippen molar-refractivity contribution in [2.24, 2.45) is 0 Å². The first-order valence-corrected chi connectivity index (χ1v) is 24.4. The topological polar surface area (TPSA) is 48.1 Å². The minimum absolute atomic E-state index is 0.0133. The summed E-state index contributed by atoms with van der Waals surface area (Å²) in [5.41, 5.74) is 5.90. The molecule has 0 unspecified atom stereocenters. The molecule has 0 aliphatic rings. The van der Waals surface area contributed by atoms with Gasteiger partial charge >= 0.3 is 0 Å². The number of hydrogen-bond donors (Lipinski definition) is 0. The maximum absolute atomic E-state index is 15.0. The monoisotopic (exact) mass is 738 g/mol. The molecular weight excluding hydrogens is 675 g/mol. The van der Waals surface area contributed by atoms with Crippen LogP contribution in [0, 0.1) is 0 Å². The lowest BCUT2D eigenvalue weighted by molar-refractivity contribution is 0.183. The van der Waals surface area contributed by atoms with Gasteiger partial charge in [0.25, 0.3) is 0 Å². The molecule has 4 aromatic carbocycles.